The van der Waals surface area contributed by atoms with Crippen molar-refractivity contribution in [3.8, 4) is 0 Å². The minimum absolute atomic E-state index is 0.00882. The van der Waals surface area contributed by atoms with E-state index in [1.807, 2.05) is 4.90 Å². The molecule has 2 aliphatic heterocycles. The van der Waals surface area contributed by atoms with Crippen LogP contribution in [0.1, 0.15) is 44.9 Å². The van der Waals surface area contributed by atoms with Gasteiger partial charge in [-0.15, -0.1) is 0 Å². The van der Waals surface area contributed by atoms with Crippen LogP contribution in [0, 0.1) is 0 Å². The van der Waals surface area contributed by atoms with Crippen LogP contribution in [0.4, 0.5) is 0 Å². The molecular formula is C14H26N2O4S. The average Bonchev–Trinajstić information content (AvgIpc) is 2.95. The lowest BCUT2D eigenvalue weighted by atomic mass is 10.0. The van der Waals surface area contributed by atoms with Crippen molar-refractivity contribution in [1.29, 1.82) is 0 Å². The Balaban J connectivity index is 1.83. The first kappa shape index (κ1) is 16.7. The summed E-state index contributed by atoms with van der Waals surface area (Å²) in [6.07, 6.45) is 7.71. The Hall–Kier alpha value is -0.660. The fourth-order valence-corrected chi connectivity index (χ4v) is 3.58. The molecule has 2 saturated heterocycles. The van der Waals surface area contributed by atoms with E-state index in [4.69, 9.17) is 4.74 Å². The highest BCUT2D eigenvalue weighted by Gasteiger charge is 2.28. The van der Waals surface area contributed by atoms with Crippen molar-refractivity contribution in [3.05, 3.63) is 0 Å². The minimum atomic E-state index is -3.21. The van der Waals surface area contributed by atoms with E-state index in [1.165, 1.54) is 0 Å². The number of nitrogens with zero attached hydrogens (tertiary/aromatic N) is 1. The van der Waals surface area contributed by atoms with E-state index in [2.05, 4.69) is 4.72 Å². The summed E-state index contributed by atoms with van der Waals surface area (Å²) in [7, 11) is -3.21. The van der Waals surface area contributed by atoms with E-state index < -0.39 is 10.0 Å². The molecule has 0 aromatic carbocycles. The van der Waals surface area contributed by atoms with E-state index in [9.17, 15) is 13.2 Å². The Morgan fingerprint density at radius 1 is 1.29 bits per heavy atom. The van der Waals surface area contributed by atoms with Crippen LogP contribution in [0.25, 0.3) is 0 Å². The third kappa shape index (κ3) is 5.56. The van der Waals surface area contributed by atoms with Gasteiger partial charge in [-0.2, -0.15) is 0 Å². The number of hydrogen-bond acceptors (Lipinski definition) is 4. The molecule has 2 fully saturated rings. The monoisotopic (exact) mass is 318 g/mol. The maximum atomic E-state index is 12.4. The van der Waals surface area contributed by atoms with Crippen molar-refractivity contribution >= 4 is 15.9 Å². The number of piperidine rings is 1. The zero-order chi connectivity index (χ0) is 15.3. The second-order valence-electron chi connectivity index (χ2n) is 6.03. The fraction of sp³-hybridized carbons (Fsp3) is 0.929. The first-order chi connectivity index (χ1) is 9.96. The molecule has 0 aliphatic carbocycles. The van der Waals surface area contributed by atoms with Gasteiger partial charge in [-0.25, -0.2) is 13.1 Å². The first-order valence-electron chi connectivity index (χ1n) is 7.81. The zero-order valence-corrected chi connectivity index (χ0v) is 13.5. The highest BCUT2D eigenvalue weighted by Crippen LogP contribution is 2.21. The smallest absolute Gasteiger partial charge is 0.222 e. The molecule has 21 heavy (non-hydrogen) atoms. The van der Waals surface area contributed by atoms with Crippen molar-refractivity contribution < 1.29 is 17.9 Å². The number of hydrogen-bond donors (Lipinski definition) is 1. The molecule has 0 saturated carbocycles. The van der Waals surface area contributed by atoms with E-state index in [0.29, 0.717) is 13.0 Å². The summed E-state index contributed by atoms with van der Waals surface area (Å²) in [5, 5.41) is 0. The fourth-order valence-electron chi connectivity index (χ4n) is 3.09. The molecule has 1 amide bonds. The molecule has 0 aromatic rings. The van der Waals surface area contributed by atoms with Crippen LogP contribution in [0.5, 0.6) is 0 Å². The van der Waals surface area contributed by atoms with Crippen LogP contribution < -0.4 is 4.72 Å². The third-order valence-corrected chi connectivity index (χ3v) is 4.92. The molecule has 2 atom stereocenters. The summed E-state index contributed by atoms with van der Waals surface area (Å²) in [6.45, 7) is 1.87. The van der Waals surface area contributed by atoms with Gasteiger partial charge in [0.2, 0.25) is 15.9 Å². The van der Waals surface area contributed by atoms with Crippen molar-refractivity contribution in [1.82, 2.24) is 9.62 Å². The summed E-state index contributed by atoms with van der Waals surface area (Å²) in [6, 6.07) is -0.00882. The van der Waals surface area contributed by atoms with Gasteiger partial charge in [-0.05, 0) is 38.5 Å². The molecule has 0 unspecified atom stereocenters. The Morgan fingerprint density at radius 2 is 2.10 bits per heavy atom. The number of carbonyl (C=O) groups excluding carboxylic acids is 1. The van der Waals surface area contributed by atoms with Crippen molar-refractivity contribution in [2.24, 2.45) is 0 Å². The molecule has 0 spiro atoms. The number of rotatable bonds is 6. The second-order valence-corrected chi connectivity index (χ2v) is 7.86. The lowest BCUT2D eigenvalue weighted by molar-refractivity contribution is -0.135. The van der Waals surface area contributed by atoms with Gasteiger partial charge in [0, 0.05) is 32.2 Å². The molecule has 2 rings (SSSR count). The number of amides is 1. The molecule has 0 aromatic heterocycles. The van der Waals surface area contributed by atoms with Crippen LogP contribution in [0.2, 0.25) is 0 Å². The van der Waals surface area contributed by atoms with Crippen LogP contribution in [0.3, 0.4) is 0 Å². The van der Waals surface area contributed by atoms with E-state index in [1.54, 1.807) is 0 Å². The van der Waals surface area contributed by atoms with Gasteiger partial charge in [-0.3, -0.25) is 4.79 Å². The topological polar surface area (TPSA) is 75.7 Å². The number of likely N-dealkylation sites (tertiary alicyclic amines) is 1. The van der Waals surface area contributed by atoms with Crippen LogP contribution >= 0.6 is 0 Å². The average molecular weight is 318 g/mol. The van der Waals surface area contributed by atoms with Gasteiger partial charge in [-0.1, -0.05) is 0 Å². The molecule has 122 valence electrons. The largest absolute Gasteiger partial charge is 0.378 e. The Bertz CT molecular complexity index is 446. The summed E-state index contributed by atoms with van der Waals surface area (Å²) >= 11 is 0. The molecule has 6 nitrogen and oxygen atoms in total. The summed E-state index contributed by atoms with van der Waals surface area (Å²) in [5.74, 6) is 0.130. The van der Waals surface area contributed by atoms with Gasteiger partial charge in [0.15, 0.2) is 0 Å². The lowest BCUT2D eigenvalue weighted by Gasteiger charge is -2.36. The van der Waals surface area contributed by atoms with E-state index in [-0.39, 0.29) is 18.1 Å². The van der Waals surface area contributed by atoms with Crippen molar-refractivity contribution in [3.63, 3.8) is 0 Å². The zero-order valence-electron chi connectivity index (χ0n) is 12.7. The molecule has 0 bridgehead atoms. The highest BCUT2D eigenvalue weighted by molar-refractivity contribution is 7.88. The van der Waals surface area contributed by atoms with Gasteiger partial charge in [0.1, 0.15) is 0 Å². The Morgan fingerprint density at radius 3 is 2.76 bits per heavy atom. The van der Waals surface area contributed by atoms with Gasteiger partial charge in [0.25, 0.3) is 0 Å². The quantitative estimate of drug-likeness (QED) is 0.789. The Kier molecular flexibility index (Phi) is 6.01. The maximum absolute atomic E-state index is 12.4. The predicted molar refractivity (Wildman–Crippen MR) is 80.4 cm³/mol. The van der Waals surface area contributed by atoms with Crippen LogP contribution in [-0.4, -0.2) is 57.3 Å². The van der Waals surface area contributed by atoms with E-state index >= 15 is 0 Å². The van der Waals surface area contributed by atoms with Gasteiger partial charge < -0.3 is 9.64 Å². The third-order valence-electron chi connectivity index (χ3n) is 4.23. The van der Waals surface area contributed by atoms with E-state index in [0.717, 1.165) is 57.9 Å². The number of ether oxygens (including phenoxy) is 1. The predicted octanol–water partition coefficient (Wildman–Crippen LogP) is 0.876. The molecule has 7 heteroatoms. The number of carbonyl (C=O) groups is 1. The van der Waals surface area contributed by atoms with Crippen LogP contribution in [-0.2, 0) is 19.6 Å². The number of nitrogens with one attached hydrogen (secondary N) is 1. The van der Waals surface area contributed by atoms with Gasteiger partial charge in [0.05, 0.1) is 12.4 Å². The molecule has 2 heterocycles. The standard InChI is InChI=1S/C14H26N2O4S/c1-21(18,19)15-11-12-5-2-3-9-16(12)14(17)8-7-13-6-4-10-20-13/h12-13,15H,2-11H2,1H3/t12-,13-/m0/s1. The van der Waals surface area contributed by atoms with Crippen molar-refractivity contribution in [2.75, 3.05) is 26.0 Å². The number of sulfonamides is 1. The molecule has 2 aliphatic rings. The highest BCUT2D eigenvalue weighted by atomic mass is 32.2. The molecule has 1 N–H and O–H groups in total. The maximum Gasteiger partial charge on any atom is 0.222 e. The van der Waals surface area contributed by atoms with Crippen LogP contribution in [0.15, 0.2) is 0 Å². The first-order valence-corrected chi connectivity index (χ1v) is 9.70. The van der Waals surface area contributed by atoms with Gasteiger partial charge >= 0.3 is 0 Å². The second kappa shape index (κ2) is 7.56. The van der Waals surface area contributed by atoms with Crippen molar-refractivity contribution in [2.45, 2.75) is 57.1 Å². The normalized spacial score (nSPS) is 27.0. The molecular weight excluding hydrogens is 292 g/mol. The summed E-state index contributed by atoms with van der Waals surface area (Å²) in [4.78, 5) is 14.2. The summed E-state index contributed by atoms with van der Waals surface area (Å²) < 4.78 is 30.5. The molecule has 0 radical (unpaired) electrons. The Labute approximate surface area is 127 Å². The summed E-state index contributed by atoms with van der Waals surface area (Å²) in [5.41, 5.74) is 0. The lowest BCUT2D eigenvalue weighted by Crippen LogP contribution is -2.49. The SMILES string of the molecule is CS(=O)(=O)NC[C@@H]1CCCCN1C(=O)CC[C@@H]1CCCO1. The minimum Gasteiger partial charge on any atom is -0.378 e.